The van der Waals surface area contributed by atoms with Crippen LogP contribution in [0.15, 0.2) is 43.0 Å². The molecular weight excluding hydrogens is 412 g/mol. The molecule has 0 bridgehead atoms. The van der Waals surface area contributed by atoms with Gasteiger partial charge in [0.1, 0.15) is 6.04 Å². The third-order valence-electron chi connectivity index (χ3n) is 7.44. The Labute approximate surface area is 197 Å². The fourth-order valence-corrected chi connectivity index (χ4v) is 5.23. The monoisotopic (exact) mass is 448 g/mol. The minimum atomic E-state index is -0.427. The SMILES string of the molecule is CCC(C)C(=O)NC(C(=O)N1CCCC1c1cncc(-c2ccncc2)c1)C1CCCCC1. The van der Waals surface area contributed by atoms with Crippen LogP contribution in [0.1, 0.15) is 76.8 Å². The van der Waals surface area contributed by atoms with Crippen molar-refractivity contribution in [2.45, 2.75) is 77.3 Å². The summed E-state index contributed by atoms with van der Waals surface area (Å²) in [6.45, 7) is 4.68. The number of carbonyl (C=O) groups excluding carboxylic acids is 2. The number of pyridine rings is 2. The van der Waals surface area contributed by atoms with Crippen LogP contribution in [0.25, 0.3) is 11.1 Å². The molecule has 2 aromatic rings. The van der Waals surface area contributed by atoms with Gasteiger partial charge in [-0.25, -0.2) is 0 Å². The van der Waals surface area contributed by atoms with Crippen LogP contribution >= 0.6 is 0 Å². The summed E-state index contributed by atoms with van der Waals surface area (Å²) in [5, 5.41) is 3.17. The fraction of sp³-hybridized carbons (Fsp3) is 0.556. The minimum absolute atomic E-state index is 0.00137. The summed E-state index contributed by atoms with van der Waals surface area (Å²) in [5.41, 5.74) is 3.16. The van der Waals surface area contributed by atoms with E-state index in [0.717, 1.165) is 68.2 Å². The second kappa shape index (κ2) is 10.9. The molecule has 1 aliphatic heterocycles. The summed E-state index contributed by atoms with van der Waals surface area (Å²) < 4.78 is 0. The maximum Gasteiger partial charge on any atom is 0.245 e. The van der Waals surface area contributed by atoms with Gasteiger partial charge in [-0.1, -0.05) is 33.1 Å². The number of aromatic nitrogens is 2. The summed E-state index contributed by atoms with van der Waals surface area (Å²) in [5.74, 6) is 0.218. The second-order valence-corrected chi connectivity index (χ2v) is 9.63. The van der Waals surface area contributed by atoms with E-state index in [4.69, 9.17) is 0 Å². The molecule has 1 N–H and O–H groups in total. The minimum Gasteiger partial charge on any atom is -0.344 e. The first kappa shape index (κ1) is 23.4. The Morgan fingerprint density at radius 1 is 1.03 bits per heavy atom. The highest BCUT2D eigenvalue weighted by atomic mass is 16.2. The van der Waals surface area contributed by atoms with Gasteiger partial charge in [0.05, 0.1) is 6.04 Å². The average Bonchev–Trinajstić information content (AvgIpc) is 3.37. The van der Waals surface area contributed by atoms with Crippen molar-refractivity contribution in [2.24, 2.45) is 11.8 Å². The van der Waals surface area contributed by atoms with E-state index in [-0.39, 0.29) is 29.7 Å². The third-order valence-corrected chi connectivity index (χ3v) is 7.44. The molecule has 0 aromatic carbocycles. The van der Waals surface area contributed by atoms with Crippen molar-refractivity contribution in [3.05, 3.63) is 48.5 Å². The van der Waals surface area contributed by atoms with Gasteiger partial charge in [-0.05, 0) is 67.3 Å². The maximum atomic E-state index is 13.9. The third kappa shape index (κ3) is 5.43. The quantitative estimate of drug-likeness (QED) is 0.652. The number of hydrogen-bond donors (Lipinski definition) is 1. The van der Waals surface area contributed by atoms with Crippen molar-refractivity contribution in [1.29, 1.82) is 0 Å². The van der Waals surface area contributed by atoms with Crippen molar-refractivity contribution < 1.29 is 9.59 Å². The Bertz CT molecular complexity index is 942. The molecule has 2 fully saturated rings. The highest BCUT2D eigenvalue weighted by molar-refractivity contribution is 5.89. The molecule has 1 saturated carbocycles. The van der Waals surface area contributed by atoms with Crippen molar-refractivity contribution >= 4 is 11.8 Å². The average molecular weight is 449 g/mol. The number of likely N-dealkylation sites (tertiary alicyclic amines) is 1. The number of nitrogens with one attached hydrogen (secondary N) is 1. The highest BCUT2D eigenvalue weighted by Crippen LogP contribution is 2.36. The molecule has 2 amide bonds. The van der Waals surface area contributed by atoms with Gasteiger partial charge in [0, 0.05) is 42.8 Å². The summed E-state index contributed by atoms with van der Waals surface area (Å²) in [7, 11) is 0. The van der Waals surface area contributed by atoms with Crippen LogP contribution in [0, 0.1) is 11.8 Å². The number of nitrogens with zero attached hydrogens (tertiary/aromatic N) is 3. The zero-order valence-corrected chi connectivity index (χ0v) is 19.9. The molecule has 6 nitrogen and oxygen atoms in total. The van der Waals surface area contributed by atoms with E-state index in [1.807, 2.05) is 43.3 Å². The van der Waals surface area contributed by atoms with Crippen LogP contribution < -0.4 is 5.32 Å². The van der Waals surface area contributed by atoms with Crippen molar-refractivity contribution in [3.63, 3.8) is 0 Å². The van der Waals surface area contributed by atoms with Crippen LogP contribution in [-0.2, 0) is 9.59 Å². The van der Waals surface area contributed by atoms with Crippen molar-refractivity contribution in [3.8, 4) is 11.1 Å². The van der Waals surface area contributed by atoms with Gasteiger partial charge >= 0.3 is 0 Å². The largest absolute Gasteiger partial charge is 0.344 e. The molecule has 33 heavy (non-hydrogen) atoms. The van der Waals surface area contributed by atoms with Gasteiger partial charge < -0.3 is 10.2 Å². The Morgan fingerprint density at radius 2 is 1.79 bits per heavy atom. The lowest BCUT2D eigenvalue weighted by Crippen LogP contribution is -2.53. The number of carbonyl (C=O) groups is 2. The van der Waals surface area contributed by atoms with Gasteiger partial charge in [0.25, 0.3) is 0 Å². The Kier molecular flexibility index (Phi) is 7.73. The van der Waals surface area contributed by atoms with E-state index < -0.39 is 6.04 Å². The number of rotatable bonds is 7. The molecule has 6 heteroatoms. The normalized spacial score (nSPS) is 20.9. The number of hydrogen-bond acceptors (Lipinski definition) is 4. The Morgan fingerprint density at radius 3 is 2.52 bits per heavy atom. The summed E-state index contributed by atoms with van der Waals surface area (Å²) in [6, 6.07) is 5.66. The van der Waals surface area contributed by atoms with E-state index >= 15 is 0 Å². The molecule has 0 spiro atoms. The lowest BCUT2D eigenvalue weighted by atomic mass is 9.83. The van der Waals surface area contributed by atoms with Gasteiger partial charge in [-0.3, -0.25) is 19.6 Å². The zero-order chi connectivity index (χ0) is 23.2. The molecule has 4 rings (SSSR count). The standard InChI is InChI=1S/C27H36N4O2/c1-3-19(2)26(32)30-25(21-8-5-4-6-9-21)27(33)31-15-7-10-24(31)23-16-22(17-29-18-23)20-11-13-28-14-12-20/h11-14,16-19,21,24-25H,3-10,15H2,1-2H3,(H,30,32). The first-order valence-electron chi connectivity index (χ1n) is 12.5. The lowest BCUT2D eigenvalue weighted by Gasteiger charge is -2.35. The van der Waals surface area contributed by atoms with E-state index in [1.54, 1.807) is 12.4 Å². The molecule has 2 aromatic heterocycles. The van der Waals surface area contributed by atoms with Crippen LogP contribution in [0.2, 0.25) is 0 Å². The van der Waals surface area contributed by atoms with Crippen molar-refractivity contribution in [1.82, 2.24) is 20.2 Å². The van der Waals surface area contributed by atoms with E-state index in [2.05, 4.69) is 21.4 Å². The predicted octanol–water partition coefficient (Wildman–Crippen LogP) is 4.92. The highest BCUT2D eigenvalue weighted by Gasteiger charge is 2.39. The summed E-state index contributed by atoms with van der Waals surface area (Å²) in [4.78, 5) is 37.3. The summed E-state index contributed by atoms with van der Waals surface area (Å²) in [6.07, 6.45) is 15.5. The first-order valence-corrected chi connectivity index (χ1v) is 12.5. The maximum absolute atomic E-state index is 13.9. The van der Waals surface area contributed by atoms with E-state index in [0.29, 0.717) is 0 Å². The van der Waals surface area contributed by atoms with Crippen LogP contribution in [0.5, 0.6) is 0 Å². The van der Waals surface area contributed by atoms with E-state index in [9.17, 15) is 9.59 Å². The summed E-state index contributed by atoms with van der Waals surface area (Å²) >= 11 is 0. The zero-order valence-electron chi connectivity index (χ0n) is 19.9. The molecule has 3 heterocycles. The second-order valence-electron chi connectivity index (χ2n) is 9.63. The van der Waals surface area contributed by atoms with Gasteiger partial charge in [-0.2, -0.15) is 0 Å². The smallest absolute Gasteiger partial charge is 0.245 e. The molecule has 3 unspecified atom stereocenters. The lowest BCUT2D eigenvalue weighted by molar-refractivity contribution is -0.140. The first-order chi connectivity index (χ1) is 16.1. The molecule has 1 aliphatic carbocycles. The van der Waals surface area contributed by atoms with Crippen LogP contribution in [0.3, 0.4) is 0 Å². The van der Waals surface area contributed by atoms with Crippen LogP contribution in [0.4, 0.5) is 0 Å². The van der Waals surface area contributed by atoms with Gasteiger partial charge in [0.15, 0.2) is 0 Å². The number of amides is 2. The van der Waals surface area contributed by atoms with E-state index in [1.165, 1.54) is 6.42 Å². The Balaban J connectivity index is 1.57. The molecular formula is C27H36N4O2. The molecule has 1 saturated heterocycles. The van der Waals surface area contributed by atoms with Gasteiger partial charge in [0.2, 0.25) is 11.8 Å². The van der Waals surface area contributed by atoms with Crippen molar-refractivity contribution in [2.75, 3.05) is 6.54 Å². The predicted molar refractivity (Wildman–Crippen MR) is 129 cm³/mol. The topological polar surface area (TPSA) is 75.2 Å². The molecule has 176 valence electrons. The molecule has 2 aliphatic rings. The molecule has 0 radical (unpaired) electrons. The fourth-order valence-electron chi connectivity index (χ4n) is 5.23. The Hall–Kier alpha value is -2.76. The van der Waals surface area contributed by atoms with Crippen LogP contribution in [-0.4, -0.2) is 39.3 Å². The van der Waals surface area contributed by atoms with Gasteiger partial charge in [-0.15, -0.1) is 0 Å². The molecule has 3 atom stereocenters.